The molecule has 6 nitrogen and oxygen atoms in total. The van der Waals surface area contributed by atoms with Crippen LogP contribution in [0.15, 0.2) is 17.5 Å². The van der Waals surface area contributed by atoms with E-state index in [0.717, 1.165) is 0 Å². The van der Waals surface area contributed by atoms with Crippen molar-refractivity contribution in [1.29, 1.82) is 0 Å². The fourth-order valence-corrected chi connectivity index (χ4v) is 2.34. The van der Waals surface area contributed by atoms with Crippen LogP contribution >= 0.6 is 11.3 Å². The molecule has 1 aromatic rings. The smallest absolute Gasteiger partial charge is 0.326 e. The Hall–Kier alpha value is -1.89. The van der Waals surface area contributed by atoms with Crippen LogP contribution in [0.25, 0.3) is 0 Å². The van der Waals surface area contributed by atoms with E-state index in [0.29, 0.717) is 17.8 Å². The fourth-order valence-electron chi connectivity index (χ4n) is 1.70. The molecule has 7 heteroatoms. The van der Waals surface area contributed by atoms with Gasteiger partial charge in [0.15, 0.2) is 0 Å². The molecule has 0 bridgehead atoms. The molecule has 1 rings (SSSR count). The highest BCUT2D eigenvalue weighted by atomic mass is 32.1. The van der Waals surface area contributed by atoms with E-state index in [1.165, 1.54) is 11.3 Å². The van der Waals surface area contributed by atoms with E-state index < -0.39 is 12.0 Å². The standard InChI is InChI=1S/C14H20N2O4S/c1-9(2)12(14(19)20)16-11(17)6-3-7-15-13(18)10-5-4-8-21-10/h4-5,8-9,12H,3,6-7H2,1-2H3,(H,15,18)(H,16,17)(H,19,20)/t12-/m1/s1. The highest BCUT2D eigenvalue weighted by Crippen LogP contribution is 2.07. The normalized spacial score (nSPS) is 12.0. The van der Waals surface area contributed by atoms with Crippen molar-refractivity contribution in [2.24, 2.45) is 5.92 Å². The van der Waals surface area contributed by atoms with Gasteiger partial charge in [-0.25, -0.2) is 4.79 Å². The Labute approximate surface area is 127 Å². The lowest BCUT2D eigenvalue weighted by molar-refractivity contribution is -0.143. The van der Waals surface area contributed by atoms with E-state index in [1.807, 2.05) is 5.38 Å². The zero-order valence-corrected chi connectivity index (χ0v) is 12.9. The molecule has 0 spiro atoms. The van der Waals surface area contributed by atoms with Crippen molar-refractivity contribution in [2.45, 2.75) is 32.7 Å². The highest BCUT2D eigenvalue weighted by molar-refractivity contribution is 7.12. The molecule has 0 unspecified atom stereocenters. The molecule has 1 heterocycles. The number of carbonyl (C=O) groups is 3. The average molecular weight is 312 g/mol. The van der Waals surface area contributed by atoms with Gasteiger partial charge in [-0.15, -0.1) is 11.3 Å². The van der Waals surface area contributed by atoms with E-state index in [1.54, 1.807) is 26.0 Å². The lowest BCUT2D eigenvalue weighted by Crippen LogP contribution is -2.44. The minimum absolute atomic E-state index is 0.156. The van der Waals surface area contributed by atoms with Gasteiger partial charge in [0, 0.05) is 13.0 Å². The maximum atomic E-state index is 11.7. The third kappa shape index (κ3) is 5.95. The van der Waals surface area contributed by atoms with Crippen LogP contribution in [-0.2, 0) is 9.59 Å². The topological polar surface area (TPSA) is 95.5 Å². The molecule has 1 aromatic heterocycles. The van der Waals surface area contributed by atoms with Gasteiger partial charge >= 0.3 is 5.97 Å². The summed E-state index contributed by atoms with van der Waals surface area (Å²) < 4.78 is 0. The molecule has 0 radical (unpaired) electrons. The first kappa shape index (κ1) is 17.2. The van der Waals surface area contributed by atoms with Crippen LogP contribution in [-0.4, -0.2) is 35.5 Å². The van der Waals surface area contributed by atoms with Crippen molar-refractivity contribution in [1.82, 2.24) is 10.6 Å². The highest BCUT2D eigenvalue weighted by Gasteiger charge is 2.22. The second kappa shape index (κ2) is 8.41. The van der Waals surface area contributed by atoms with Crippen LogP contribution in [0, 0.1) is 5.92 Å². The van der Waals surface area contributed by atoms with E-state index >= 15 is 0 Å². The fraction of sp³-hybridized carbons (Fsp3) is 0.500. The molecule has 3 N–H and O–H groups in total. The summed E-state index contributed by atoms with van der Waals surface area (Å²) in [5.41, 5.74) is 0. The van der Waals surface area contributed by atoms with Crippen molar-refractivity contribution in [3.8, 4) is 0 Å². The number of hydrogen-bond acceptors (Lipinski definition) is 4. The summed E-state index contributed by atoms with van der Waals surface area (Å²) in [6.07, 6.45) is 0.647. The van der Waals surface area contributed by atoms with Crippen molar-refractivity contribution in [3.63, 3.8) is 0 Å². The largest absolute Gasteiger partial charge is 0.480 e. The zero-order valence-electron chi connectivity index (χ0n) is 12.1. The minimum atomic E-state index is -1.04. The third-order valence-corrected chi connectivity index (χ3v) is 3.73. The molecule has 0 aliphatic carbocycles. The number of nitrogens with one attached hydrogen (secondary N) is 2. The molecule has 0 aliphatic heterocycles. The Bertz CT molecular complexity index is 485. The van der Waals surface area contributed by atoms with Gasteiger partial charge in [0.2, 0.25) is 5.91 Å². The van der Waals surface area contributed by atoms with Gasteiger partial charge in [-0.1, -0.05) is 19.9 Å². The monoisotopic (exact) mass is 312 g/mol. The number of aliphatic carboxylic acids is 1. The number of thiophene rings is 1. The quantitative estimate of drug-likeness (QED) is 0.634. The van der Waals surface area contributed by atoms with Gasteiger partial charge in [-0.3, -0.25) is 9.59 Å². The number of rotatable bonds is 8. The van der Waals surface area contributed by atoms with Crippen molar-refractivity contribution in [2.75, 3.05) is 6.54 Å². The maximum Gasteiger partial charge on any atom is 0.326 e. The Morgan fingerprint density at radius 2 is 2.05 bits per heavy atom. The summed E-state index contributed by atoms with van der Waals surface area (Å²) >= 11 is 1.35. The molecule has 21 heavy (non-hydrogen) atoms. The molecule has 116 valence electrons. The zero-order chi connectivity index (χ0) is 15.8. The van der Waals surface area contributed by atoms with Gasteiger partial charge in [0.05, 0.1) is 4.88 Å². The van der Waals surface area contributed by atoms with Crippen LogP contribution in [0.3, 0.4) is 0 Å². The second-order valence-electron chi connectivity index (χ2n) is 4.96. The maximum absolute atomic E-state index is 11.7. The van der Waals surface area contributed by atoms with E-state index in [4.69, 9.17) is 5.11 Å². The average Bonchev–Trinajstić information content (AvgIpc) is 2.94. The molecule has 0 aliphatic rings. The Balaban J connectivity index is 2.24. The van der Waals surface area contributed by atoms with Crippen LogP contribution in [0.5, 0.6) is 0 Å². The molecule has 0 saturated heterocycles. The van der Waals surface area contributed by atoms with Gasteiger partial charge in [-0.2, -0.15) is 0 Å². The Morgan fingerprint density at radius 3 is 2.57 bits per heavy atom. The van der Waals surface area contributed by atoms with Crippen molar-refractivity contribution < 1.29 is 19.5 Å². The van der Waals surface area contributed by atoms with Crippen LogP contribution in [0.4, 0.5) is 0 Å². The number of hydrogen-bond donors (Lipinski definition) is 3. The first-order valence-electron chi connectivity index (χ1n) is 6.75. The predicted molar refractivity (Wildman–Crippen MR) is 80.3 cm³/mol. The molecule has 1 atom stereocenters. The van der Waals surface area contributed by atoms with Gasteiger partial charge in [-0.05, 0) is 23.8 Å². The molecule has 0 saturated carbocycles. The van der Waals surface area contributed by atoms with E-state index in [2.05, 4.69) is 10.6 Å². The van der Waals surface area contributed by atoms with Crippen LogP contribution < -0.4 is 10.6 Å². The molecule has 0 fully saturated rings. The van der Waals surface area contributed by atoms with Crippen LogP contribution in [0.2, 0.25) is 0 Å². The van der Waals surface area contributed by atoms with Gasteiger partial charge in [0.1, 0.15) is 6.04 Å². The van der Waals surface area contributed by atoms with E-state index in [-0.39, 0.29) is 24.2 Å². The predicted octanol–water partition coefficient (Wildman–Crippen LogP) is 1.48. The van der Waals surface area contributed by atoms with Gasteiger partial charge in [0.25, 0.3) is 5.91 Å². The number of carboxylic acids is 1. The second-order valence-corrected chi connectivity index (χ2v) is 5.91. The molecule has 0 aromatic carbocycles. The molecule has 2 amide bonds. The lowest BCUT2D eigenvalue weighted by Gasteiger charge is -2.17. The summed E-state index contributed by atoms with van der Waals surface area (Å²) in [4.78, 5) is 34.9. The summed E-state index contributed by atoms with van der Waals surface area (Å²) in [5, 5.41) is 16.0. The lowest BCUT2D eigenvalue weighted by atomic mass is 10.0. The first-order chi connectivity index (χ1) is 9.91. The number of carboxylic acid groups (broad SMARTS) is 1. The Morgan fingerprint density at radius 1 is 1.33 bits per heavy atom. The minimum Gasteiger partial charge on any atom is -0.480 e. The summed E-state index contributed by atoms with van der Waals surface area (Å²) in [5.74, 6) is -1.69. The van der Waals surface area contributed by atoms with E-state index in [9.17, 15) is 14.4 Å². The summed E-state index contributed by atoms with van der Waals surface area (Å²) in [6, 6.07) is 2.65. The summed E-state index contributed by atoms with van der Waals surface area (Å²) in [6.45, 7) is 3.85. The summed E-state index contributed by atoms with van der Waals surface area (Å²) in [7, 11) is 0. The number of carbonyl (C=O) groups excluding carboxylic acids is 2. The van der Waals surface area contributed by atoms with Crippen molar-refractivity contribution >= 4 is 29.1 Å². The van der Waals surface area contributed by atoms with Gasteiger partial charge < -0.3 is 15.7 Å². The number of amides is 2. The SMILES string of the molecule is CC(C)[C@@H](NC(=O)CCCNC(=O)c1cccs1)C(=O)O. The Kier molecular flexibility index (Phi) is 6.87. The van der Waals surface area contributed by atoms with Crippen molar-refractivity contribution in [3.05, 3.63) is 22.4 Å². The molecular weight excluding hydrogens is 292 g/mol. The van der Waals surface area contributed by atoms with Crippen LogP contribution in [0.1, 0.15) is 36.4 Å². The molecular formula is C14H20N2O4S. The first-order valence-corrected chi connectivity index (χ1v) is 7.63. The third-order valence-electron chi connectivity index (χ3n) is 2.86.